The molecule has 0 bridgehead atoms. The molecular formula is C12H13NO3S. The van der Waals surface area contributed by atoms with E-state index in [1.807, 2.05) is 30.3 Å². The maximum Gasteiger partial charge on any atom is 0.273 e. The van der Waals surface area contributed by atoms with Crippen LogP contribution in [-0.2, 0) is 10.1 Å². The third-order valence-corrected chi connectivity index (χ3v) is 3.97. The predicted octanol–water partition coefficient (Wildman–Crippen LogP) is 2.57. The molecule has 90 valence electrons. The van der Waals surface area contributed by atoms with Gasteiger partial charge < -0.3 is 0 Å². The molecule has 2 rings (SSSR count). The topological polar surface area (TPSA) is 67.3 Å². The van der Waals surface area contributed by atoms with Gasteiger partial charge in [-0.2, -0.15) is 8.42 Å². The minimum absolute atomic E-state index is 0.296. The van der Waals surface area contributed by atoms with Crippen LogP contribution < -0.4 is 0 Å². The van der Waals surface area contributed by atoms with Gasteiger partial charge in [-0.3, -0.25) is 9.54 Å². The molecule has 4 nitrogen and oxygen atoms in total. The Bertz CT molecular complexity index is 637. The Balaban J connectivity index is 2.56. The zero-order chi connectivity index (χ0) is 12.5. The van der Waals surface area contributed by atoms with E-state index in [2.05, 4.69) is 4.98 Å². The molecular weight excluding hydrogens is 238 g/mol. The Morgan fingerprint density at radius 1 is 1.24 bits per heavy atom. The van der Waals surface area contributed by atoms with Crippen molar-refractivity contribution < 1.29 is 13.0 Å². The van der Waals surface area contributed by atoms with Crippen molar-refractivity contribution in [2.75, 3.05) is 0 Å². The van der Waals surface area contributed by atoms with Crippen LogP contribution in [0.2, 0.25) is 0 Å². The van der Waals surface area contributed by atoms with Gasteiger partial charge in [-0.1, -0.05) is 31.2 Å². The van der Waals surface area contributed by atoms with Crippen molar-refractivity contribution in [3.63, 3.8) is 0 Å². The number of pyridine rings is 1. The molecule has 1 unspecified atom stereocenters. The standard InChI is InChI=1S/C12H13NO3S/c1-2-12(17(14,15)16)11-8-7-9-5-3-4-6-10(9)13-11/h3-8,12H,2H2,1H3,(H,14,15,16). The van der Waals surface area contributed by atoms with Gasteiger partial charge in [0, 0.05) is 5.39 Å². The van der Waals surface area contributed by atoms with Gasteiger partial charge in [-0.15, -0.1) is 0 Å². The second kappa shape index (κ2) is 4.43. The highest BCUT2D eigenvalue weighted by molar-refractivity contribution is 7.86. The lowest BCUT2D eigenvalue weighted by molar-refractivity contribution is 0.465. The Morgan fingerprint density at radius 2 is 1.94 bits per heavy atom. The van der Waals surface area contributed by atoms with E-state index in [0.29, 0.717) is 12.1 Å². The van der Waals surface area contributed by atoms with Gasteiger partial charge in [-0.25, -0.2) is 0 Å². The monoisotopic (exact) mass is 251 g/mol. The molecule has 5 heteroatoms. The summed E-state index contributed by atoms with van der Waals surface area (Å²) in [6.07, 6.45) is 0.296. The molecule has 0 spiro atoms. The van der Waals surface area contributed by atoms with Crippen molar-refractivity contribution in [3.8, 4) is 0 Å². The molecule has 0 fully saturated rings. The molecule has 1 heterocycles. The van der Waals surface area contributed by atoms with E-state index in [4.69, 9.17) is 4.55 Å². The number of rotatable bonds is 3. The van der Waals surface area contributed by atoms with Crippen LogP contribution in [0.4, 0.5) is 0 Å². The number of aromatic nitrogens is 1. The van der Waals surface area contributed by atoms with Crippen LogP contribution in [0.1, 0.15) is 24.3 Å². The van der Waals surface area contributed by atoms with Crippen molar-refractivity contribution in [2.24, 2.45) is 0 Å². The molecule has 1 atom stereocenters. The van der Waals surface area contributed by atoms with E-state index >= 15 is 0 Å². The van der Waals surface area contributed by atoms with E-state index in [9.17, 15) is 8.42 Å². The molecule has 0 saturated heterocycles. The van der Waals surface area contributed by atoms with Crippen LogP contribution in [0.3, 0.4) is 0 Å². The van der Waals surface area contributed by atoms with Gasteiger partial charge in [-0.05, 0) is 18.6 Å². The summed E-state index contributed by atoms with van der Waals surface area (Å²) in [5.74, 6) is 0. The average Bonchev–Trinajstić information content (AvgIpc) is 2.28. The van der Waals surface area contributed by atoms with Crippen molar-refractivity contribution in [1.29, 1.82) is 0 Å². The van der Waals surface area contributed by atoms with Crippen LogP contribution in [-0.4, -0.2) is 18.0 Å². The average molecular weight is 251 g/mol. The molecule has 1 N–H and O–H groups in total. The fourth-order valence-electron chi connectivity index (χ4n) is 1.83. The van der Waals surface area contributed by atoms with Gasteiger partial charge in [0.2, 0.25) is 0 Å². The van der Waals surface area contributed by atoms with E-state index in [1.165, 1.54) is 0 Å². The molecule has 0 aliphatic carbocycles. The third kappa shape index (κ3) is 2.45. The summed E-state index contributed by atoms with van der Waals surface area (Å²) >= 11 is 0. The molecule has 0 saturated carbocycles. The summed E-state index contributed by atoms with van der Waals surface area (Å²) in [7, 11) is -4.10. The fraction of sp³-hybridized carbons (Fsp3) is 0.250. The Labute approximate surface area is 100 Å². The number of hydrogen-bond donors (Lipinski definition) is 1. The van der Waals surface area contributed by atoms with E-state index < -0.39 is 15.4 Å². The minimum atomic E-state index is -4.10. The summed E-state index contributed by atoms with van der Waals surface area (Å²) in [4.78, 5) is 4.27. The number of hydrogen-bond acceptors (Lipinski definition) is 3. The van der Waals surface area contributed by atoms with Crippen molar-refractivity contribution >= 4 is 21.0 Å². The zero-order valence-electron chi connectivity index (χ0n) is 9.37. The normalized spacial score (nSPS) is 13.8. The maximum atomic E-state index is 11.2. The lowest BCUT2D eigenvalue weighted by atomic mass is 10.1. The number of benzene rings is 1. The van der Waals surface area contributed by atoms with Gasteiger partial charge >= 0.3 is 0 Å². The maximum absolute atomic E-state index is 11.2. The van der Waals surface area contributed by atoms with Crippen LogP contribution in [0, 0.1) is 0 Å². The van der Waals surface area contributed by atoms with Gasteiger partial charge in [0.15, 0.2) is 0 Å². The first-order valence-corrected chi connectivity index (χ1v) is 6.84. The number of nitrogens with zero attached hydrogens (tertiary/aromatic N) is 1. The molecule has 0 aliphatic rings. The highest BCUT2D eigenvalue weighted by Crippen LogP contribution is 2.25. The second-order valence-corrected chi connectivity index (χ2v) is 5.44. The van der Waals surface area contributed by atoms with Crippen LogP contribution in [0.15, 0.2) is 36.4 Å². The number of para-hydroxylation sites is 1. The van der Waals surface area contributed by atoms with Gasteiger partial charge in [0.1, 0.15) is 5.25 Å². The van der Waals surface area contributed by atoms with Crippen LogP contribution in [0.5, 0.6) is 0 Å². The molecule has 1 aromatic carbocycles. The Kier molecular flexibility index (Phi) is 3.13. The summed E-state index contributed by atoms with van der Waals surface area (Å²) in [5.41, 5.74) is 1.11. The highest BCUT2D eigenvalue weighted by atomic mass is 32.2. The number of fused-ring (bicyclic) bond motifs is 1. The van der Waals surface area contributed by atoms with E-state index in [0.717, 1.165) is 10.9 Å². The zero-order valence-corrected chi connectivity index (χ0v) is 10.2. The summed E-state index contributed by atoms with van der Waals surface area (Å²) in [5, 5.41) is -0.00598. The predicted molar refractivity (Wildman–Crippen MR) is 66.3 cm³/mol. The third-order valence-electron chi connectivity index (χ3n) is 2.68. The Morgan fingerprint density at radius 3 is 2.59 bits per heavy atom. The summed E-state index contributed by atoms with van der Waals surface area (Å²) in [6.45, 7) is 1.70. The quantitative estimate of drug-likeness (QED) is 0.851. The minimum Gasteiger partial charge on any atom is -0.285 e. The molecule has 0 radical (unpaired) electrons. The summed E-state index contributed by atoms with van der Waals surface area (Å²) in [6, 6.07) is 10.9. The van der Waals surface area contributed by atoms with Crippen LogP contribution >= 0.6 is 0 Å². The molecule has 2 aromatic rings. The van der Waals surface area contributed by atoms with Crippen LogP contribution in [0.25, 0.3) is 10.9 Å². The lowest BCUT2D eigenvalue weighted by Gasteiger charge is -2.11. The first-order chi connectivity index (χ1) is 8.02. The second-order valence-electron chi connectivity index (χ2n) is 3.84. The largest absolute Gasteiger partial charge is 0.285 e. The smallest absolute Gasteiger partial charge is 0.273 e. The first kappa shape index (κ1) is 12.0. The first-order valence-electron chi connectivity index (χ1n) is 5.34. The molecule has 1 aromatic heterocycles. The van der Waals surface area contributed by atoms with Gasteiger partial charge in [0.25, 0.3) is 10.1 Å². The Hall–Kier alpha value is -1.46. The SMILES string of the molecule is CCC(c1ccc2ccccc2n1)S(=O)(=O)O. The molecule has 17 heavy (non-hydrogen) atoms. The van der Waals surface area contributed by atoms with Crippen molar-refractivity contribution in [2.45, 2.75) is 18.6 Å². The van der Waals surface area contributed by atoms with Gasteiger partial charge in [0.05, 0.1) is 11.2 Å². The fourth-order valence-corrected chi connectivity index (χ4v) is 2.69. The van der Waals surface area contributed by atoms with Crippen molar-refractivity contribution in [3.05, 3.63) is 42.1 Å². The lowest BCUT2D eigenvalue weighted by Crippen LogP contribution is -2.12. The van der Waals surface area contributed by atoms with E-state index in [-0.39, 0.29) is 0 Å². The molecule has 0 aliphatic heterocycles. The summed E-state index contributed by atoms with van der Waals surface area (Å²) < 4.78 is 31.6. The molecule has 0 amide bonds. The highest BCUT2D eigenvalue weighted by Gasteiger charge is 2.24. The van der Waals surface area contributed by atoms with E-state index in [1.54, 1.807) is 13.0 Å². The van der Waals surface area contributed by atoms with Crippen molar-refractivity contribution in [1.82, 2.24) is 4.98 Å².